The SMILES string of the molecule is O=C(O)c1ccc(OCc2ccccc2)c(I)c1. The van der Waals surface area contributed by atoms with Crippen molar-refractivity contribution < 1.29 is 14.6 Å². The Labute approximate surface area is 119 Å². The summed E-state index contributed by atoms with van der Waals surface area (Å²) >= 11 is 2.07. The molecule has 0 aromatic heterocycles. The van der Waals surface area contributed by atoms with Crippen LogP contribution in [0.2, 0.25) is 0 Å². The summed E-state index contributed by atoms with van der Waals surface area (Å²) in [6, 6.07) is 14.7. The number of rotatable bonds is 4. The maximum Gasteiger partial charge on any atom is 0.335 e. The molecule has 2 rings (SSSR count). The third-order valence-corrected chi connectivity index (χ3v) is 3.26. The molecule has 0 fully saturated rings. The number of ether oxygens (including phenoxy) is 1. The van der Waals surface area contributed by atoms with Gasteiger partial charge in [0, 0.05) is 0 Å². The number of carboxylic acid groups (broad SMARTS) is 1. The zero-order chi connectivity index (χ0) is 13.0. The average molecular weight is 354 g/mol. The molecule has 3 nitrogen and oxygen atoms in total. The first-order chi connectivity index (χ1) is 8.66. The molecule has 0 amide bonds. The summed E-state index contributed by atoms with van der Waals surface area (Å²) < 4.78 is 6.45. The molecular formula is C14H11IO3. The molecule has 0 atom stereocenters. The summed E-state index contributed by atoms with van der Waals surface area (Å²) in [5, 5.41) is 8.86. The zero-order valence-electron chi connectivity index (χ0n) is 9.47. The molecule has 0 aliphatic carbocycles. The van der Waals surface area contributed by atoms with Crippen LogP contribution in [0.25, 0.3) is 0 Å². The van der Waals surface area contributed by atoms with Crippen LogP contribution in [0.4, 0.5) is 0 Å². The molecular weight excluding hydrogens is 343 g/mol. The molecule has 0 aliphatic heterocycles. The maximum atomic E-state index is 10.8. The molecule has 0 unspecified atom stereocenters. The molecule has 2 aromatic carbocycles. The van der Waals surface area contributed by atoms with Crippen LogP contribution < -0.4 is 4.74 Å². The van der Waals surface area contributed by atoms with Gasteiger partial charge < -0.3 is 9.84 Å². The van der Waals surface area contributed by atoms with E-state index >= 15 is 0 Å². The second-order valence-electron chi connectivity index (χ2n) is 3.72. The fourth-order valence-corrected chi connectivity index (χ4v) is 2.16. The third-order valence-electron chi connectivity index (χ3n) is 2.42. The van der Waals surface area contributed by atoms with Crippen molar-refractivity contribution in [2.75, 3.05) is 0 Å². The predicted octanol–water partition coefficient (Wildman–Crippen LogP) is 3.57. The summed E-state index contributed by atoms with van der Waals surface area (Å²) in [5.74, 6) is -0.230. The van der Waals surface area contributed by atoms with Crippen LogP contribution in [0.15, 0.2) is 48.5 Å². The van der Waals surface area contributed by atoms with E-state index < -0.39 is 5.97 Å². The Morgan fingerprint density at radius 2 is 1.89 bits per heavy atom. The Morgan fingerprint density at radius 1 is 1.17 bits per heavy atom. The van der Waals surface area contributed by atoms with Gasteiger partial charge in [-0.1, -0.05) is 30.3 Å². The Hall–Kier alpha value is -1.56. The van der Waals surface area contributed by atoms with Gasteiger partial charge in [-0.25, -0.2) is 4.79 Å². The average Bonchev–Trinajstić information content (AvgIpc) is 2.38. The summed E-state index contributed by atoms with van der Waals surface area (Å²) in [6.45, 7) is 0.475. The number of halogens is 1. The van der Waals surface area contributed by atoms with Crippen LogP contribution >= 0.6 is 22.6 Å². The first kappa shape index (κ1) is 12.9. The van der Waals surface area contributed by atoms with Crippen LogP contribution in [0.3, 0.4) is 0 Å². The molecule has 1 N–H and O–H groups in total. The number of hydrogen-bond acceptors (Lipinski definition) is 2. The van der Waals surface area contributed by atoms with E-state index in [4.69, 9.17) is 9.84 Å². The number of aromatic carboxylic acids is 1. The molecule has 0 saturated carbocycles. The van der Waals surface area contributed by atoms with Gasteiger partial charge >= 0.3 is 5.97 Å². The predicted molar refractivity (Wildman–Crippen MR) is 76.9 cm³/mol. The highest BCUT2D eigenvalue weighted by molar-refractivity contribution is 14.1. The van der Waals surface area contributed by atoms with Crippen LogP contribution in [-0.2, 0) is 6.61 Å². The van der Waals surface area contributed by atoms with Crippen LogP contribution in [0, 0.1) is 3.57 Å². The van der Waals surface area contributed by atoms with Gasteiger partial charge in [0.2, 0.25) is 0 Å². The summed E-state index contributed by atoms with van der Waals surface area (Å²) in [4.78, 5) is 10.8. The largest absolute Gasteiger partial charge is 0.488 e. The standard InChI is InChI=1S/C14H11IO3/c15-12-8-11(14(16)17)6-7-13(12)18-9-10-4-2-1-3-5-10/h1-8H,9H2,(H,16,17). The van der Waals surface area contributed by atoms with Gasteiger partial charge in [0.05, 0.1) is 9.13 Å². The van der Waals surface area contributed by atoms with Crippen molar-refractivity contribution in [3.8, 4) is 5.75 Å². The van der Waals surface area contributed by atoms with Crippen molar-refractivity contribution in [1.82, 2.24) is 0 Å². The van der Waals surface area contributed by atoms with Crippen molar-refractivity contribution in [3.63, 3.8) is 0 Å². The Bertz CT molecular complexity index is 552. The molecule has 0 heterocycles. The fraction of sp³-hybridized carbons (Fsp3) is 0.0714. The van der Waals surface area contributed by atoms with Crippen molar-refractivity contribution in [1.29, 1.82) is 0 Å². The maximum absolute atomic E-state index is 10.8. The lowest BCUT2D eigenvalue weighted by atomic mass is 10.2. The second-order valence-corrected chi connectivity index (χ2v) is 4.89. The lowest BCUT2D eigenvalue weighted by Gasteiger charge is -2.08. The quantitative estimate of drug-likeness (QED) is 0.854. The fourth-order valence-electron chi connectivity index (χ4n) is 1.49. The molecule has 0 aliphatic rings. The van der Waals surface area contributed by atoms with Gasteiger partial charge in [0.25, 0.3) is 0 Å². The molecule has 0 radical (unpaired) electrons. The Balaban J connectivity index is 2.08. The van der Waals surface area contributed by atoms with Gasteiger partial charge in [0.1, 0.15) is 12.4 Å². The highest BCUT2D eigenvalue weighted by Crippen LogP contribution is 2.23. The Morgan fingerprint density at radius 3 is 2.50 bits per heavy atom. The monoisotopic (exact) mass is 354 g/mol. The smallest absolute Gasteiger partial charge is 0.335 e. The highest BCUT2D eigenvalue weighted by Gasteiger charge is 2.07. The first-order valence-electron chi connectivity index (χ1n) is 5.36. The van der Waals surface area contributed by atoms with E-state index in [9.17, 15) is 4.79 Å². The van der Waals surface area contributed by atoms with Crippen LogP contribution in [0.5, 0.6) is 5.75 Å². The van der Waals surface area contributed by atoms with Crippen molar-refractivity contribution in [2.45, 2.75) is 6.61 Å². The molecule has 0 spiro atoms. The second kappa shape index (κ2) is 5.86. The molecule has 4 heteroatoms. The van der Waals surface area contributed by atoms with Gasteiger partial charge in [-0.15, -0.1) is 0 Å². The normalized spacial score (nSPS) is 10.1. The lowest BCUT2D eigenvalue weighted by molar-refractivity contribution is 0.0696. The summed E-state index contributed by atoms with van der Waals surface area (Å²) in [6.07, 6.45) is 0. The van der Waals surface area contributed by atoms with Gasteiger partial charge in [0.15, 0.2) is 0 Å². The van der Waals surface area contributed by atoms with Crippen molar-refractivity contribution in [2.24, 2.45) is 0 Å². The van der Waals surface area contributed by atoms with E-state index in [-0.39, 0.29) is 5.56 Å². The number of carboxylic acids is 1. The minimum atomic E-state index is -0.928. The van der Waals surface area contributed by atoms with E-state index in [1.165, 1.54) is 0 Å². The van der Waals surface area contributed by atoms with E-state index in [0.717, 1.165) is 9.13 Å². The van der Waals surface area contributed by atoms with E-state index in [1.807, 2.05) is 30.3 Å². The zero-order valence-corrected chi connectivity index (χ0v) is 11.6. The van der Waals surface area contributed by atoms with Gasteiger partial charge in [-0.05, 0) is 46.4 Å². The van der Waals surface area contributed by atoms with Crippen LogP contribution in [-0.4, -0.2) is 11.1 Å². The van der Waals surface area contributed by atoms with Crippen LogP contribution in [0.1, 0.15) is 15.9 Å². The summed E-state index contributed by atoms with van der Waals surface area (Å²) in [5.41, 5.74) is 1.35. The number of carbonyl (C=O) groups is 1. The molecule has 0 bridgehead atoms. The van der Waals surface area contributed by atoms with E-state index in [1.54, 1.807) is 18.2 Å². The molecule has 18 heavy (non-hydrogen) atoms. The van der Waals surface area contributed by atoms with E-state index in [0.29, 0.717) is 12.4 Å². The third kappa shape index (κ3) is 3.22. The molecule has 92 valence electrons. The van der Waals surface area contributed by atoms with Gasteiger partial charge in [-0.3, -0.25) is 0 Å². The molecule has 0 saturated heterocycles. The first-order valence-corrected chi connectivity index (χ1v) is 6.44. The lowest BCUT2D eigenvalue weighted by Crippen LogP contribution is -2.00. The van der Waals surface area contributed by atoms with E-state index in [2.05, 4.69) is 22.6 Å². The molecule has 2 aromatic rings. The van der Waals surface area contributed by atoms with Crippen molar-refractivity contribution in [3.05, 3.63) is 63.2 Å². The highest BCUT2D eigenvalue weighted by atomic mass is 127. The van der Waals surface area contributed by atoms with Crippen molar-refractivity contribution >= 4 is 28.6 Å². The topological polar surface area (TPSA) is 46.5 Å². The minimum Gasteiger partial charge on any atom is -0.488 e. The summed E-state index contributed by atoms with van der Waals surface area (Å²) in [7, 11) is 0. The Kier molecular flexibility index (Phi) is 4.19. The minimum absolute atomic E-state index is 0.270. The number of benzene rings is 2. The van der Waals surface area contributed by atoms with Gasteiger partial charge in [-0.2, -0.15) is 0 Å². The number of hydrogen-bond donors (Lipinski definition) is 1.